The Hall–Kier alpha value is -2.07. The van der Waals surface area contributed by atoms with Gasteiger partial charge in [0.25, 0.3) is 0 Å². The lowest BCUT2D eigenvalue weighted by Crippen LogP contribution is -1.98. The number of nitrogens with one attached hydrogen (secondary N) is 1. The molecule has 1 N–H and O–H groups in total. The Morgan fingerprint density at radius 2 is 2.00 bits per heavy atom. The van der Waals surface area contributed by atoms with Crippen LogP contribution in [0, 0.1) is 6.92 Å². The molecule has 4 heteroatoms. The van der Waals surface area contributed by atoms with Crippen molar-refractivity contribution < 1.29 is 4.74 Å². The summed E-state index contributed by atoms with van der Waals surface area (Å²) in [7, 11) is 0. The lowest BCUT2D eigenvalue weighted by Gasteiger charge is -2.05. The van der Waals surface area contributed by atoms with Crippen molar-refractivity contribution in [3.8, 4) is 5.75 Å². The minimum Gasteiger partial charge on any atom is -0.494 e. The molecule has 0 saturated heterocycles. The molecule has 0 bridgehead atoms. The summed E-state index contributed by atoms with van der Waals surface area (Å²) in [5, 5.41) is 4.33. The molecule has 0 unspecified atom stereocenters. The van der Waals surface area contributed by atoms with Crippen molar-refractivity contribution in [1.29, 1.82) is 0 Å². The Labute approximate surface area is 128 Å². The van der Waals surface area contributed by atoms with Gasteiger partial charge < -0.3 is 10.1 Å². The minimum absolute atomic E-state index is 0.685. The van der Waals surface area contributed by atoms with Crippen molar-refractivity contribution >= 4 is 26.7 Å². The molecular formula is C17H18N2OS. The second kappa shape index (κ2) is 6.14. The van der Waals surface area contributed by atoms with Crippen molar-refractivity contribution in [2.24, 2.45) is 0 Å². The number of fused-ring (bicyclic) bond motifs is 1. The number of hydrogen-bond acceptors (Lipinski definition) is 4. The second-order valence-electron chi connectivity index (χ2n) is 4.88. The average Bonchev–Trinajstić information content (AvgIpc) is 2.89. The molecule has 1 heterocycles. The smallest absolute Gasteiger partial charge is 0.184 e. The summed E-state index contributed by atoms with van der Waals surface area (Å²) in [4.78, 5) is 4.64. The lowest BCUT2D eigenvalue weighted by molar-refractivity contribution is 0.338. The van der Waals surface area contributed by atoms with Crippen LogP contribution in [0.25, 0.3) is 10.2 Å². The predicted molar refractivity (Wildman–Crippen MR) is 89.3 cm³/mol. The molecule has 108 valence electrons. The van der Waals surface area contributed by atoms with Crippen LogP contribution in [0.3, 0.4) is 0 Å². The van der Waals surface area contributed by atoms with Crippen molar-refractivity contribution in [3.05, 3.63) is 53.6 Å². The largest absolute Gasteiger partial charge is 0.494 e. The first-order chi connectivity index (χ1) is 10.3. The van der Waals surface area contributed by atoms with Crippen LogP contribution in [0.1, 0.15) is 18.1 Å². The SMILES string of the molecule is CCOc1cc2sc(NCc3ccccc3)nc2cc1C. The summed E-state index contributed by atoms with van der Waals surface area (Å²) in [6, 6.07) is 14.5. The molecule has 3 nitrogen and oxygen atoms in total. The van der Waals surface area contributed by atoms with Crippen LogP contribution < -0.4 is 10.1 Å². The van der Waals surface area contributed by atoms with Gasteiger partial charge in [-0.3, -0.25) is 0 Å². The van der Waals surface area contributed by atoms with Gasteiger partial charge in [0.2, 0.25) is 0 Å². The number of rotatable bonds is 5. The predicted octanol–water partition coefficient (Wildman–Crippen LogP) is 4.62. The number of nitrogens with zero attached hydrogens (tertiary/aromatic N) is 1. The van der Waals surface area contributed by atoms with Gasteiger partial charge in [0.15, 0.2) is 5.13 Å². The number of aromatic nitrogens is 1. The zero-order valence-corrected chi connectivity index (χ0v) is 13.0. The molecule has 0 spiro atoms. The summed E-state index contributed by atoms with van der Waals surface area (Å²) in [5.41, 5.74) is 3.41. The maximum atomic E-state index is 5.64. The van der Waals surface area contributed by atoms with Crippen LogP contribution >= 0.6 is 11.3 Å². The molecule has 21 heavy (non-hydrogen) atoms. The van der Waals surface area contributed by atoms with Crippen LogP contribution in [-0.2, 0) is 6.54 Å². The number of hydrogen-bond donors (Lipinski definition) is 1. The molecule has 0 atom stereocenters. The van der Waals surface area contributed by atoms with Gasteiger partial charge in [0, 0.05) is 6.54 Å². The van der Waals surface area contributed by atoms with E-state index in [9.17, 15) is 0 Å². The quantitative estimate of drug-likeness (QED) is 0.746. The summed E-state index contributed by atoms with van der Waals surface area (Å²) < 4.78 is 6.79. The first kappa shape index (κ1) is 13.9. The number of benzene rings is 2. The van der Waals surface area contributed by atoms with Crippen LogP contribution in [0.4, 0.5) is 5.13 Å². The van der Waals surface area contributed by atoms with E-state index in [1.165, 1.54) is 5.56 Å². The number of ether oxygens (including phenoxy) is 1. The first-order valence-corrected chi connectivity index (χ1v) is 7.89. The van der Waals surface area contributed by atoms with Gasteiger partial charge in [-0.15, -0.1) is 0 Å². The highest BCUT2D eigenvalue weighted by Gasteiger charge is 2.08. The van der Waals surface area contributed by atoms with Crippen LogP contribution in [-0.4, -0.2) is 11.6 Å². The van der Waals surface area contributed by atoms with E-state index >= 15 is 0 Å². The maximum Gasteiger partial charge on any atom is 0.184 e. The summed E-state index contributed by atoms with van der Waals surface area (Å²) in [6.45, 7) is 5.53. The van der Waals surface area contributed by atoms with Crippen LogP contribution in [0.5, 0.6) is 5.75 Å². The van der Waals surface area contributed by atoms with E-state index in [-0.39, 0.29) is 0 Å². The van der Waals surface area contributed by atoms with E-state index in [0.29, 0.717) is 6.61 Å². The molecule has 3 rings (SSSR count). The zero-order valence-electron chi connectivity index (χ0n) is 12.2. The Bertz CT molecular complexity index is 737. The molecule has 0 fully saturated rings. The van der Waals surface area contributed by atoms with Gasteiger partial charge in [0.05, 0.1) is 16.8 Å². The van der Waals surface area contributed by atoms with Crippen molar-refractivity contribution in [1.82, 2.24) is 4.98 Å². The summed E-state index contributed by atoms with van der Waals surface area (Å²) in [6.07, 6.45) is 0. The second-order valence-corrected chi connectivity index (χ2v) is 5.91. The van der Waals surface area contributed by atoms with E-state index in [2.05, 4.69) is 41.5 Å². The molecule has 0 saturated carbocycles. The van der Waals surface area contributed by atoms with E-state index in [0.717, 1.165) is 33.2 Å². The molecule has 3 aromatic rings. The van der Waals surface area contributed by atoms with Gasteiger partial charge in [0.1, 0.15) is 5.75 Å². The number of anilines is 1. The molecule has 2 aromatic carbocycles. The molecule has 0 aliphatic carbocycles. The molecular weight excluding hydrogens is 280 g/mol. The third kappa shape index (κ3) is 3.16. The van der Waals surface area contributed by atoms with Gasteiger partial charge in [-0.05, 0) is 37.1 Å². The Morgan fingerprint density at radius 1 is 1.19 bits per heavy atom. The number of thiazole rings is 1. The van der Waals surface area contributed by atoms with Crippen molar-refractivity contribution in [3.63, 3.8) is 0 Å². The van der Waals surface area contributed by atoms with Crippen LogP contribution in [0.2, 0.25) is 0 Å². The third-order valence-corrected chi connectivity index (χ3v) is 4.25. The minimum atomic E-state index is 0.685. The fourth-order valence-corrected chi connectivity index (χ4v) is 3.09. The Morgan fingerprint density at radius 3 is 2.76 bits per heavy atom. The Balaban J connectivity index is 1.80. The van der Waals surface area contributed by atoms with E-state index in [1.54, 1.807) is 11.3 Å². The molecule has 0 radical (unpaired) electrons. The first-order valence-electron chi connectivity index (χ1n) is 7.08. The van der Waals surface area contributed by atoms with E-state index < -0.39 is 0 Å². The highest BCUT2D eigenvalue weighted by molar-refractivity contribution is 7.22. The summed E-state index contributed by atoms with van der Waals surface area (Å²) in [5.74, 6) is 0.947. The maximum absolute atomic E-state index is 5.64. The van der Waals surface area contributed by atoms with E-state index in [4.69, 9.17) is 4.74 Å². The van der Waals surface area contributed by atoms with Crippen molar-refractivity contribution in [2.75, 3.05) is 11.9 Å². The highest BCUT2D eigenvalue weighted by Crippen LogP contribution is 2.32. The number of aryl methyl sites for hydroxylation is 1. The summed E-state index contributed by atoms with van der Waals surface area (Å²) >= 11 is 1.66. The standard InChI is InChI=1S/C17H18N2OS/c1-3-20-15-10-16-14(9-12(15)2)19-17(21-16)18-11-13-7-5-4-6-8-13/h4-10H,3,11H2,1-2H3,(H,18,19). The van der Waals surface area contributed by atoms with Gasteiger partial charge in [-0.1, -0.05) is 41.7 Å². The molecule has 0 aliphatic heterocycles. The van der Waals surface area contributed by atoms with Gasteiger partial charge in [-0.25, -0.2) is 4.98 Å². The fourth-order valence-electron chi connectivity index (χ4n) is 2.22. The zero-order chi connectivity index (χ0) is 14.7. The average molecular weight is 298 g/mol. The third-order valence-electron chi connectivity index (χ3n) is 3.27. The molecule has 1 aromatic heterocycles. The van der Waals surface area contributed by atoms with E-state index in [1.807, 2.05) is 25.1 Å². The fraction of sp³-hybridized carbons (Fsp3) is 0.235. The molecule has 0 aliphatic rings. The monoisotopic (exact) mass is 298 g/mol. The van der Waals surface area contributed by atoms with Gasteiger partial charge >= 0.3 is 0 Å². The molecule has 0 amide bonds. The van der Waals surface area contributed by atoms with Crippen LogP contribution in [0.15, 0.2) is 42.5 Å². The highest BCUT2D eigenvalue weighted by atomic mass is 32.1. The Kier molecular flexibility index (Phi) is 4.06. The lowest BCUT2D eigenvalue weighted by atomic mass is 10.2. The van der Waals surface area contributed by atoms with Gasteiger partial charge in [-0.2, -0.15) is 0 Å². The van der Waals surface area contributed by atoms with Crippen molar-refractivity contribution in [2.45, 2.75) is 20.4 Å². The normalized spacial score (nSPS) is 10.8. The topological polar surface area (TPSA) is 34.1 Å².